The second-order valence-electron chi connectivity index (χ2n) is 7.46. The minimum atomic E-state index is -0.406. The number of aromatic amines is 2. The molecule has 8 heteroatoms. The maximum atomic E-state index is 14.7. The zero-order chi connectivity index (χ0) is 20.5. The molecule has 5 rings (SSSR count). The van der Waals surface area contributed by atoms with Crippen LogP contribution in [0.25, 0.3) is 34.4 Å². The van der Waals surface area contributed by atoms with Crippen molar-refractivity contribution in [1.29, 1.82) is 0 Å². The Morgan fingerprint density at radius 2 is 1.77 bits per heavy atom. The number of H-pyrrole nitrogens is 2. The van der Waals surface area contributed by atoms with Gasteiger partial charge >= 0.3 is 0 Å². The number of rotatable bonds is 4. The SMILES string of the molecule is Fc1ccc(/C=C/c2n[nH]c3c(F)cc(-c4nnc(C5CCNCC5)[nH]4)cc23)cc1. The lowest BCUT2D eigenvalue weighted by atomic mass is 9.98. The highest BCUT2D eigenvalue weighted by atomic mass is 19.1. The molecular formula is C22H20F2N6. The molecule has 0 amide bonds. The van der Waals surface area contributed by atoms with Gasteiger partial charge in [0.05, 0.1) is 5.69 Å². The van der Waals surface area contributed by atoms with Crippen molar-refractivity contribution < 1.29 is 8.78 Å². The first-order chi connectivity index (χ1) is 14.7. The maximum absolute atomic E-state index is 14.7. The molecule has 0 unspecified atom stereocenters. The minimum absolute atomic E-state index is 0.292. The predicted molar refractivity (Wildman–Crippen MR) is 112 cm³/mol. The molecule has 4 aromatic rings. The van der Waals surface area contributed by atoms with Crippen molar-refractivity contribution in [3.05, 3.63) is 65.1 Å². The molecule has 0 aliphatic carbocycles. The van der Waals surface area contributed by atoms with Gasteiger partial charge in [-0.3, -0.25) is 5.10 Å². The quantitative estimate of drug-likeness (QED) is 0.473. The lowest BCUT2D eigenvalue weighted by Crippen LogP contribution is -2.27. The van der Waals surface area contributed by atoms with E-state index in [1.54, 1.807) is 18.2 Å². The summed E-state index contributed by atoms with van der Waals surface area (Å²) in [7, 11) is 0. The summed E-state index contributed by atoms with van der Waals surface area (Å²) in [5, 5.41) is 19.5. The summed E-state index contributed by atoms with van der Waals surface area (Å²) in [6, 6.07) is 9.40. The van der Waals surface area contributed by atoms with Crippen LogP contribution in [0.15, 0.2) is 36.4 Å². The maximum Gasteiger partial charge on any atom is 0.161 e. The molecule has 0 radical (unpaired) electrons. The van der Waals surface area contributed by atoms with Crippen LogP contribution >= 0.6 is 0 Å². The topological polar surface area (TPSA) is 82.3 Å². The van der Waals surface area contributed by atoms with E-state index >= 15 is 0 Å². The van der Waals surface area contributed by atoms with E-state index in [-0.39, 0.29) is 5.82 Å². The Hall–Kier alpha value is -3.39. The van der Waals surface area contributed by atoms with Gasteiger partial charge < -0.3 is 10.3 Å². The van der Waals surface area contributed by atoms with Gasteiger partial charge in [-0.1, -0.05) is 18.2 Å². The number of piperidine rings is 1. The molecule has 0 spiro atoms. The van der Waals surface area contributed by atoms with Crippen LogP contribution in [-0.4, -0.2) is 38.5 Å². The first-order valence-electron chi connectivity index (χ1n) is 9.92. The van der Waals surface area contributed by atoms with E-state index in [0.29, 0.717) is 33.9 Å². The monoisotopic (exact) mass is 406 g/mol. The second kappa shape index (κ2) is 7.79. The lowest BCUT2D eigenvalue weighted by Gasteiger charge is -2.19. The summed E-state index contributed by atoms with van der Waals surface area (Å²) in [5.74, 6) is 1.02. The van der Waals surface area contributed by atoms with E-state index in [1.165, 1.54) is 18.2 Å². The van der Waals surface area contributed by atoms with Gasteiger partial charge in [0.2, 0.25) is 0 Å². The highest BCUT2D eigenvalue weighted by Gasteiger charge is 2.20. The molecule has 0 atom stereocenters. The highest BCUT2D eigenvalue weighted by molar-refractivity contribution is 5.92. The molecule has 0 bridgehead atoms. The first-order valence-corrected chi connectivity index (χ1v) is 9.92. The average molecular weight is 406 g/mol. The molecule has 1 saturated heterocycles. The van der Waals surface area contributed by atoms with E-state index < -0.39 is 5.82 Å². The van der Waals surface area contributed by atoms with E-state index in [2.05, 4.69) is 30.7 Å². The Balaban J connectivity index is 1.48. The lowest BCUT2D eigenvalue weighted by molar-refractivity contribution is 0.446. The third kappa shape index (κ3) is 3.61. The number of benzene rings is 2. The third-order valence-corrected chi connectivity index (χ3v) is 5.46. The zero-order valence-corrected chi connectivity index (χ0v) is 16.1. The van der Waals surface area contributed by atoms with E-state index in [4.69, 9.17) is 0 Å². The van der Waals surface area contributed by atoms with Crippen LogP contribution in [0.2, 0.25) is 0 Å². The fourth-order valence-electron chi connectivity index (χ4n) is 3.80. The zero-order valence-electron chi connectivity index (χ0n) is 16.1. The van der Waals surface area contributed by atoms with Crippen LogP contribution in [0.1, 0.15) is 35.8 Å². The smallest absolute Gasteiger partial charge is 0.161 e. The second-order valence-corrected chi connectivity index (χ2v) is 7.46. The molecule has 3 heterocycles. The van der Waals surface area contributed by atoms with Gasteiger partial charge in [0.1, 0.15) is 23.0 Å². The number of hydrogen-bond acceptors (Lipinski definition) is 4. The Labute approximate surface area is 171 Å². The van der Waals surface area contributed by atoms with Crippen molar-refractivity contribution in [2.24, 2.45) is 0 Å². The summed E-state index contributed by atoms with van der Waals surface area (Å²) < 4.78 is 27.8. The first kappa shape index (κ1) is 18.6. The summed E-state index contributed by atoms with van der Waals surface area (Å²) in [6.07, 6.45) is 5.59. The van der Waals surface area contributed by atoms with E-state index in [1.807, 2.05) is 12.1 Å². The molecule has 0 saturated carbocycles. The largest absolute Gasteiger partial charge is 0.325 e. The Morgan fingerprint density at radius 3 is 2.57 bits per heavy atom. The van der Waals surface area contributed by atoms with Crippen LogP contribution in [0, 0.1) is 11.6 Å². The van der Waals surface area contributed by atoms with Crippen LogP contribution < -0.4 is 5.32 Å². The molecule has 1 aliphatic heterocycles. The molecular weight excluding hydrogens is 386 g/mol. The fourth-order valence-corrected chi connectivity index (χ4v) is 3.80. The Bertz CT molecular complexity index is 1200. The fraction of sp³-hybridized carbons (Fsp3) is 0.227. The standard InChI is InChI=1S/C22H20F2N6/c23-16-4-1-13(2-5-16)3-6-19-17-11-15(12-18(24)20(17)28-27-19)22-26-21(29-30-22)14-7-9-25-10-8-14/h1-6,11-12,14,25H,7-10H2,(H,27,28)(H,26,29,30)/b6-3+. The van der Waals surface area contributed by atoms with Gasteiger partial charge in [-0.15, -0.1) is 10.2 Å². The number of hydrogen-bond donors (Lipinski definition) is 3. The molecule has 6 nitrogen and oxygen atoms in total. The van der Waals surface area contributed by atoms with Crippen LogP contribution in [0.4, 0.5) is 8.78 Å². The normalized spacial score (nSPS) is 15.4. The van der Waals surface area contributed by atoms with E-state index in [0.717, 1.165) is 37.3 Å². The third-order valence-electron chi connectivity index (χ3n) is 5.46. The van der Waals surface area contributed by atoms with Crippen molar-refractivity contribution in [1.82, 2.24) is 30.7 Å². The van der Waals surface area contributed by atoms with Crippen LogP contribution in [-0.2, 0) is 0 Å². The van der Waals surface area contributed by atoms with Gasteiger partial charge in [0.15, 0.2) is 5.82 Å². The summed E-state index contributed by atoms with van der Waals surface area (Å²) in [6.45, 7) is 1.92. The molecule has 30 heavy (non-hydrogen) atoms. The summed E-state index contributed by atoms with van der Waals surface area (Å²) >= 11 is 0. The Kier molecular flexibility index (Phi) is 4.84. The van der Waals surface area contributed by atoms with Gasteiger partial charge in [-0.2, -0.15) is 5.10 Å². The Morgan fingerprint density at radius 1 is 0.967 bits per heavy atom. The molecule has 2 aromatic carbocycles. The molecule has 2 aromatic heterocycles. The van der Waals surface area contributed by atoms with Gasteiger partial charge in [0.25, 0.3) is 0 Å². The van der Waals surface area contributed by atoms with Crippen molar-refractivity contribution in [3.63, 3.8) is 0 Å². The molecule has 3 N–H and O–H groups in total. The van der Waals surface area contributed by atoms with Crippen molar-refractivity contribution >= 4 is 23.1 Å². The highest BCUT2D eigenvalue weighted by Crippen LogP contribution is 2.29. The molecule has 1 fully saturated rings. The number of halogens is 2. The minimum Gasteiger partial charge on any atom is -0.325 e. The van der Waals surface area contributed by atoms with Gasteiger partial charge in [-0.25, -0.2) is 8.78 Å². The van der Waals surface area contributed by atoms with Crippen molar-refractivity contribution in [3.8, 4) is 11.4 Å². The number of nitrogens with zero attached hydrogens (tertiary/aromatic N) is 3. The molecule has 152 valence electrons. The number of fused-ring (bicyclic) bond motifs is 1. The molecule has 1 aliphatic rings. The van der Waals surface area contributed by atoms with Crippen molar-refractivity contribution in [2.45, 2.75) is 18.8 Å². The average Bonchev–Trinajstić information content (AvgIpc) is 3.42. The van der Waals surface area contributed by atoms with E-state index in [9.17, 15) is 8.78 Å². The number of aromatic nitrogens is 5. The predicted octanol–water partition coefficient (Wildman–Crippen LogP) is 4.26. The van der Waals surface area contributed by atoms with Crippen molar-refractivity contribution in [2.75, 3.05) is 13.1 Å². The van der Waals surface area contributed by atoms with Gasteiger partial charge in [-0.05, 0) is 61.8 Å². The van der Waals surface area contributed by atoms with Gasteiger partial charge in [0, 0.05) is 16.9 Å². The van der Waals surface area contributed by atoms with Crippen LogP contribution in [0.3, 0.4) is 0 Å². The summed E-state index contributed by atoms with van der Waals surface area (Å²) in [4.78, 5) is 3.27. The van der Waals surface area contributed by atoms with Crippen LogP contribution in [0.5, 0.6) is 0 Å². The number of nitrogens with one attached hydrogen (secondary N) is 3. The summed E-state index contributed by atoms with van der Waals surface area (Å²) in [5.41, 5.74) is 2.36.